The number of carboxylic acids is 2. The number of nitrogens with one attached hydrogen (secondary N) is 2. The van der Waals surface area contributed by atoms with Crippen LogP contribution in [0.25, 0.3) is 0 Å². The van der Waals surface area contributed by atoms with Crippen LogP contribution in [0.1, 0.15) is 164 Å². The van der Waals surface area contributed by atoms with E-state index in [0.29, 0.717) is 99.2 Å². The van der Waals surface area contributed by atoms with Gasteiger partial charge < -0.3 is 50.0 Å². The monoisotopic (exact) mass is 903 g/mol. The quantitative estimate of drug-likeness (QED) is 0.0221. The fourth-order valence-corrected chi connectivity index (χ4v) is 5.78. The Morgan fingerprint density at radius 2 is 0.922 bits per heavy atom. The van der Waals surface area contributed by atoms with Gasteiger partial charge in [0.25, 0.3) is 0 Å². The van der Waals surface area contributed by atoms with E-state index in [9.17, 15) is 29.4 Å². The number of unbranched alkanes of at least 4 members (excludes halogenated alkanes) is 8. The standard InChI is InChI=1S/2C23H39NO4.C4H4O4/c2*1-5-7-8-9-10-13-27-16-20-14-19(22(26)6-2)11-12-23(20)28-17-21(25)15-24-18(3)4;5-3(6)1-2-4(7)8/h2*11-12,14,18,21,24-25H,5-10,13,15-17H2,1-4H3;1-2H,(H,5,6)(H,7,8)/b;;2-1+. The minimum absolute atomic E-state index is 0.105. The lowest BCUT2D eigenvalue weighted by Gasteiger charge is -2.17. The number of aliphatic carboxylic acids is 2. The number of hydrogen-bond acceptors (Lipinski definition) is 12. The van der Waals surface area contributed by atoms with Gasteiger partial charge in [-0.05, 0) is 49.2 Å². The van der Waals surface area contributed by atoms with E-state index in [4.69, 9.17) is 29.2 Å². The molecule has 0 aliphatic carbocycles. The van der Waals surface area contributed by atoms with Crippen LogP contribution in [-0.4, -0.2) is 108 Å². The normalized spacial score (nSPS) is 12.0. The third-order valence-corrected chi connectivity index (χ3v) is 9.46. The number of benzene rings is 2. The average Bonchev–Trinajstić information content (AvgIpc) is 3.27. The molecule has 0 aliphatic rings. The molecule has 0 spiro atoms. The minimum atomic E-state index is -1.26. The van der Waals surface area contributed by atoms with E-state index in [1.54, 1.807) is 12.1 Å². The summed E-state index contributed by atoms with van der Waals surface area (Å²) in [4.78, 5) is 43.2. The van der Waals surface area contributed by atoms with Crippen LogP contribution < -0.4 is 20.1 Å². The number of hydrogen-bond donors (Lipinski definition) is 6. The number of ketones is 2. The summed E-state index contributed by atoms with van der Waals surface area (Å²) in [7, 11) is 0. The van der Waals surface area contributed by atoms with Crippen LogP contribution in [0.5, 0.6) is 11.5 Å². The average molecular weight is 903 g/mol. The zero-order valence-corrected chi connectivity index (χ0v) is 40.1. The number of aliphatic hydroxyl groups is 2. The second-order valence-corrected chi connectivity index (χ2v) is 16.2. The lowest BCUT2D eigenvalue weighted by Crippen LogP contribution is -2.35. The fraction of sp³-hybridized carbons (Fsp3) is 0.640. The maximum Gasteiger partial charge on any atom is 0.328 e. The van der Waals surface area contributed by atoms with Crippen LogP contribution in [0.3, 0.4) is 0 Å². The molecule has 0 amide bonds. The summed E-state index contributed by atoms with van der Waals surface area (Å²) in [5.74, 6) is -0.966. The molecule has 0 radical (unpaired) electrons. The van der Waals surface area contributed by atoms with E-state index < -0.39 is 24.1 Å². The third kappa shape index (κ3) is 31.6. The van der Waals surface area contributed by atoms with E-state index in [1.165, 1.54) is 51.4 Å². The molecule has 2 aromatic carbocycles. The number of aliphatic hydroxyl groups excluding tert-OH is 2. The van der Waals surface area contributed by atoms with Crippen LogP contribution in [0.4, 0.5) is 0 Å². The van der Waals surface area contributed by atoms with Gasteiger partial charge in [0.1, 0.15) is 36.9 Å². The second kappa shape index (κ2) is 38.1. The number of carbonyl (C=O) groups excluding carboxylic acids is 2. The van der Waals surface area contributed by atoms with Gasteiger partial charge in [0.15, 0.2) is 11.6 Å². The van der Waals surface area contributed by atoms with E-state index in [1.807, 2.05) is 65.8 Å². The van der Waals surface area contributed by atoms with Crippen molar-refractivity contribution in [3.05, 3.63) is 70.8 Å². The maximum atomic E-state index is 12.0. The van der Waals surface area contributed by atoms with Crippen LogP contribution in [-0.2, 0) is 32.3 Å². The first kappa shape index (κ1) is 59.8. The van der Waals surface area contributed by atoms with E-state index >= 15 is 0 Å². The smallest absolute Gasteiger partial charge is 0.328 e. The molecule has 0 saturated heterocycles. The van der Waals surface area contributed by atoms with Gasteiger partial charge >= 0.3 is 11.9 Å². The van der Waals surface area contributed by atoms with Crippen molar-refractivity contribution in [3.8, 4) is 11.5 Å². The molecule has 364 valence electrons. The highest BCUT2D eigenvalue weighted by Crippen LogP contribution is 2.24. The molecule has 2 aromatic rings. The van der Waals surface area contributed by atoms with E-state index in [0.717, 1.165) is 24.0 Å². The fourth-order valence-electron chi connectivity index (χ4n) is 5.78. The minimum Gasteiger partial charge on any atom is -0.490 e. The first-order valence-corrected chi connectivity index (χ1v) is 23.3. The van der Waals surface area contributed by atoms with Crippen molar-refractivity contribution in [2.75, 3.05) is 39.5 Å². The van der Waals surface area contributed by atoms with Crippen LogP contribution in [0.15, 0.2) is 48.6 Å². The molecule has 6 N–H and O–H groups in total. The van der Waals surface area contributed by atoms with Gasteiger partial charge in [-0.2, -0.15) is 0 Å². The summed E-state index contributed by atoms with van der Waals surface area (Å²) in [5, 5.41) is 42.2. The third-order valence-electron chi connectivity index (χ3n) is 9.46. The predicted molar refractivity (Wildman–Crippen MR) is 253 cm³/mol. The van der Waals surface area contributed by atoms with Crippen molar-refractivity contribution in [2.24, 2.45) is 0 Å². The molecule has 0 fully saturated rings. The zero-order chi connectivity index (χ0) is 48.1. The molecule has 0 aromatic heterocycles. The molecule has 0 heterocycles. The Bertz CT molecular complexity index is 1480. The highest BCUT2D eigenvalue weighted by molar-refractivity contribution is 5.96. The molecule has 2 atom stereocenters. The summed E-state index contributed by atoms with van der Waals surface area (Å²) in [6.07, 6.45) is 12.8. The van der Waals surface area contributed by atoms with Crippen molar-refractivity contribution in [1.82, 2.24) is 10.6 Å². The molecule has 0 saturated carbocycles. The molecule has 2 unspecified atom stereocenters. The lowest BCUT2D eigenvalue weighted by atomic mass is 10.1. The zero-order valence-electron chi connectivity index (χ0n) is 40.1. The van der Waals surface area contributed by atoms with Crippen molar-refractivity contribution in [1.29, 1.82) is 0 Å². The number of carbonyl (C=O) groups is 4. The van der Waals surface area contributed by atoms with Gasteiger partial charge in [-0.15, -0.1) is 0 Å². The largest absolute Gasteiger partial charge is 0.490 e. The Balaban J connectivity index is 0.00000106. The number of rotatable bonds is 34. The Morgan fingerprint density at radius 1 is 0.562 bits per heavy atom. The summed E-state index contributed by atoms with van der Waals surface area (Å²) < 4.78 is 23.3. The van der Waals surface area contributed by atoms with Gasteiger partial charge in [0, 0.05) is 85.6 Å². The number of ether oxygens (including phenoxy) is 4. The van der Waals surface area contributed by atoms with Gasteiger partial charge in [-0.3, -0.25) is 9.59 Å². The van der Waals surface area contributed by atoms with Crippen molar-refractivity contribution in [3.63, 3.8) is 0 Å². The molecule has 64 heavy (non-hydrogen) atoms. The first-order chi connectivity index (χ1) is 30.6. The summed E-state index contributed by atoms with van der Waals surface area (Å²) in [5.41, 5.74) is 3.07. The first-order valence-electron chi connectivity index (χ1n) is 23.3. The second-order valence-electron chi connectivity index (χ2n) is 16.2. The van der Waals surface area contributed by atoms with Gasteiger partial charge in [-0.1, -0.05) is 107 Å². The molecule has 2 rings (SSSR count). The van der Waals surface area contributed by atoms with Crippen LogP contribution >= 0.6 is 0 Å². The highest BCUT2D eigenvalue weighted by atomic mass is 16.5. The van der Waals surface area contributed by atoms with Gasteiger partial charge in [-0.25, -0.2) is 9.59 Å². The van der Waals surface area contributed by atoms with Crippen molar-refractivity contribution < 1.29 is 58.6 Å². The predicted octanol–water partition coefficient (Wildman–Crippen LogP) is 8.72. The highest BCUT2D eigenvalue weighted by Gasteiger charge is 2.14. The molecular formula is C50H82N2O12. The van der Waals surface area contributed by atoms with Gasteiger partial charge in [0.05, 0.1) is 13.2 Å². The summed E-state index contributed by atoms with van der Waals surface area (Å²) >= 11 is 0. The van der Waals surface area contributed by atoms with E-state index in [-0.39, 0.29) is 24.8 Å². The lowest BCUT2D eigenvalue weighted by molar-refractivity contribution is -0.134. The number of Topliss-reactive ketones (excluding diaryl/α,β-unsaturated/α-hetero) is 2. The van der Waals surface area contributed by atoms with E-state index in [2.05, 4.69) is 24.5 Å². The molecule has 14 heteroatoms. The molecule has 14 nitrogen and oxygen atoms in total. The molecular weight excluding hydrogens is 821 g/mol. The Kier molecular flexibility index (Phi) is 35.6. The Labute approximate surface area is 383 Å². The van der Waals surface area contributed by atoms with Crippen LogP contribution in [0.2, 0.25) is 0 Å². The summed E-state index contributed by atoms with van der Waals surface area (Å²) in [6.45, 7) is 19.9. The van der Waals surface area contributed by atoms with Crippen molar-refractivity contribution >= 4 is 23.5 Å². The maximum absolute atomic E-state index is 12.0. The molecule has 0 bridgehead atoms. The van der Waals surface area contributed by atoms with Gasteiger partial charge in [0.2, 0.25) is 0 Å². The SMILES string of the molecule is CCCCCCCOCc1cc(C(=O)CC)ccc1OCC(O)CNC(C)C.CCCCCCCOCc1cc(C(=O)CC)ccc1OCC(O)CNC(C)C.O=C(O)/C=C/C(=O)O. The Hall–Kier alpha value is -4.18. The van der Waals surface area contributed by atoms with Crippen molar-refractivity contribution in [2.45, 2.75) is 170 Å². The summed E-state index contributed by atoms with van der Waals surface area (Å²) in [6, 6.07) is 11.5. The number of carboxylic acid groups (broad SMARTS) is 2. The topological polar surface area (TPSA) is 210 Å². The van der Waals surface area contributed by atoms with Crippen LogP contribution in [0, 0.1) is 0 Å². The molecule has 0 aliphatic heterocycles. The Morgan fingerprint density at radius 3 is 1.23 bits per heavy atom.